The molecule has 0 spiro atoms. The van der Waals surface area contributed by atoms with Crippen molar-refractivity contribution in [2.45, 2.75) is 12.5 Å². The molecule has 0 radical (unpaired) electrons. The van der Waals surface area contributed by atoms with Crippen LogP contribution in [0.1, 0.15) is 23.9 Å². The predicted octanol–water partition coefficient (Wildman–Crippen LogP) is 4.01. The lowest BCUT2D eigenvalue weighted by atomic mass is 10.2. The number of amides is 1. The van der Waals surface area contributed by atoms with Crippen LogP contribution < -0.4 is 5.32 Å². The molecule has 0 saturated carbocycles. The Morgan fingerprint density at radius 3 is 2.85 bits per heavy atom. The van der Waals surface area contributed by atoms with Gasteiger partial charge in [-0.1, -0.05) is 29.8 Å². The van der Waals surface area contributed by atoms with Gasteiger partial charge in [0, 0.05) is 17.3 Å². The second kappa shape index (κ2) is 8.87. The maximum absolute atomic E-state index is 12.4. The van der Waals surface area contributed by atoms with Crippen LogP contribution in [0.25, 0.3) is 11.7 Å². The van der Waals surface area contributed by atoms with Gasteiger partial charge in [-0.05, 0) is 54.3 Å². The molecule has 0 aliphatic carbocycles. The van der Waals surface area contributed by atoms with Gasteiger partial charge >= 0.3 is 0 Å². The highest BCUT2D eigenvalue weighted by Gasteiger charge is 2.19. The molecule has 1 unspecified atom stereocenters. The summed E-state index contributed by atoms with van der Waals surface area (Å²) in [5.74, 6) is 1.48. The largest absolute Gasteiger partial charge is 0.342 e. The van der Waals surface area contributed by atoms with Crippen LogP contribution in [0.4, 0.5) is 0 Å². The van der Waals surface area contributed by atoms with E-state index in [-0.39, 0.29) is 11.9 Å². The quantitative estimate of drug-likeness (QED) is 0.623. The number of pyridine rings is 1. The Labute approximate surface area is 161 Å². The first-order valence-electron chi connectivity index (χ1n) is 8.20. The maximum Gasteiger partial charge on any atom is 0.244 e. The summed E-state index contributed by atoms with van der Waals surface area (Å²) in [6, 6.07) is 12.8. The van der Waals surface area contributed by atoms with Crippen molar-refractivity contribution in [3.8, 4) is 0 Å². The van der Waals surface area contributed by atoms with Crippen molar-refractivity contribution in [1.29, 1.82) is 0 Å². The molecule has 2 aromatic heterocycles. The van der Waals surface area contributed by atoms with E-state index in [1.807, 2.05) is 47.2 Å². The van der Waals surface area contributed by atoms with Crippen molar-refractivity contribution >= 4 is 41.0 Å². The first kappa shape index (κ1) is 18.5. The number of benzene rings is 1. The summed E-state index contributed by atoms with van der Waals surface area (Å²) in [7, 11) is 0. The van der Waals surface area contributed by atoms with Crippen LogP contribution in [0, 0.1) is 0 Å². The second-order valence-corrected chi connectivity index (χ2v) is 7.14. The molecular weight excluding hydrogens is 368 g/mol. The maximum atomic E-state index is 12.4. The molecule has 3 aromatic rings. The number of hydrogen-bond donors (Lipinski definition) is 1. The van der Waals surface area contributed by atoms with E-state index in [1.165, 1.54) is 6.08 Å². The highest BCUT2D eigenvalue weighted by atomic mass is 35.5. The molecule has 26 heavy (non-hydrogen) atoms. The zero-order valence-electron chi connectivity index (χ0n) is 14.3. The summed E-state index contributed by atoms with van der Waals surface area (Å²) in [5, 5.41) is 12.2. The molecule has 3 rings (SSSR count). The van der Waals surface area contributed by atoms with Crippen molar-refractivity contribution < 1.29 is 4.79 Å². The molecule has 0 fully saturated rings. The minimum Gasteiger partial charge on any atom is -0.342 e. The fourth-order valence-electron chi connectivity index (χ4n) is 2.56. The molecule has 134 valence electrons. The van der Waals surface area contributed by atoms with Gasteiger partial charge in [0.25, 0.3) is 0 Å². The van der Waals surface area contributed by atoms with Crippen molar-refractivity contribution in [1.82, 2.24) is 19.9 Å². The van der Waals surface area contributed by atoms with Crippen LogP contribution in [0.2, 0.25) is 5.02 Å². The highest BCUT2D eigenvalue weighted by Crippen LogP contribution is 2.18. The van der Waals surface area contributed by atoms with Crippen LogP contribution in [0.5, 0.6) is 0 Å². The molecule has 5 nitrogen and oxygen atoms in total. The number of aromatic nitrogens is 3. The lowest BCUT2D eigenvalue weighted by Gasteiger charge is -2.15. The predicted molar refractivity (Wildman–Crippen MR) is 107 cm³/mol. The molecule has 0 aliphatic rings. The highest BCUT2D eigenvalue weighted by molar-refractivity contribution is 7.98. The van der Waals surface area contributed by atoms with Crippen molar-refractivity contribution in [2.75, 3.05) is 12.0 Å². The van der Waals surface area contributed by atoms with E-state index in [0.29, 0.717) is 5.02 Å². The summed E-state index contributed by atoms with van der Waals surface area (Å²) in [4.78, 5) is 12.4. The van der Waals surface area contributed by atoms with Gasteiger partial charge < -0.3 is 5.32 Å². The van der Waals surface area contributed by atoms with Gasteiger partial charge in [0.15, 0.2) is 11.5 Å². The zero-order chi connectivity index (χ0) is 18.4. The first-order valence-corrected chi connectivity index (χ1v) is 9.97. The Morgan fingerprint density at radius 1 is 1.27 bits per heavy atom. The number of carbonyl (C=O) groups is 1. The summed E-state index contributed by atoms with van der Waals surface area (Å²) in [6.07, 6.45) is 8.02. The minimum absolute atomic E-state index is 0.168. The van der Waals surface area contributed by atoms with Crippen molar-refractivity contribution in [2.24, 2.45) is 0 Å². The molecule has 0 aliphatic heterocycles. The van der Waals surface area contributed by atoms with Gasteiger partial charge in [-0.15, -0.1) is 10.2 Å². The average molecular weight is 387 g/mol. The summed E-state index contributed by atoms with van der Waals surface area (Å²) in [5.41, 5.74) is 1.68. The summed E-state index contributed by atoms with van der Waals surface area (Å²) in [6.45, 7) is 0. The van der Waals surface area contributed by atoms with Gasteiger partial charge in [0.1, 0.15) is 0 Å². The second-order valence-electron chi connectivity index (χ2n) is 5.71. The normalized spacial score (nSPS) is 12.5. The smallest absolute Gasteiger partial charge is 0.244 e. The molecule has 1 aromatic carbocycles. The van der Waals surface area contributed by atoms with Crippen LogP contribution in [-0.4, -0.2) is 32.5 Å². The monoisotopic (exact) mass is 386 g/mol. The van der Waals surface area contributed by atoms with E-state index in [2.05, 4.69) is 15.5 Å². The zero-order valence-corrected chi connectivity index (χ0v) is 15.9. The van der Waals surface area contributed by atoms with Gasteiger partial charge in [-0.3, -0.25) is 9.20 Å². The van der Waals surface area contributed by atoms with Crippen LogP contribution in [0.3, 0.4) is 0 Å². The molecule has 0 bridgehead atoms. The minimum atomic E-state index is -0.206. The number of hydrogen-bond acceptors (Lipinski definition) is 4. The lowest BCUT2D eigenvalue weighted by Crippen LogP contribution is -2.29. The van der Waals surface area contributed by atoms with E-state index in [0.717, 1.165) is 29.2 Å². The van der Waals surface area contributed by atoms with Crippen molar-refractivity contribution in [3.05, 3.63) is 71.1 Å². The fraction of sp³-hybridized carbons (Fsp3) is 0.211. The third kappa shape index (κ3) is 4.65. The Morgan fingerprint density at radius 2 is 2.08 bits per heavy atom. The lowest BCUT2D eigenvalue weighted by molar-refractivity contribution is -0.117. The van der Waals surface area contributed by atoms with Gasteiger partial charge in [-0.25, -0.2) is 0 Å². The van der Waals surface area contributed by atoms with Gasteiger partial charge in [0.2, 0.25) is 5.91 Å². The SMILES string of the molecule is CSCCC(NC(=O)/C=C/c1ccc(Cl)cc1)c1nnc2ccccn12. The number of carbonyl (C=O) groups excluding carboxylic acids is 1. The third-order valence-corrected chi connectivity index (χ3v) is 4.77. The molecule has 7 heteroatoms. The number of rotatable bonds is 7. The van der Waals surface area contributed by atoms with Crippen LogP contribution in [-0.2, 0) is 4.79 Å². The van der Waals surface area contributed by atoms with E-state index in [4.69, 9.17) is 11.6 Å². The van der Waals surface area contributed by atoms with Crippen LogP contribution >= 0.6 is 23.4 Å². The molecule has 1 N–H and O–H groups in total. The Bertz CT molecular complexity index is 907. The number of halogens is 1. The number of fused-ring (bicyclic) bond motifs is 1. The number of nitrogens with zero attached hydrogens (tertiary/aromatic N) is 3. The number of nitrogens with one attached hydrogen (secondary N) is 1. The Hall–Kier alpha value is -2.31. The van der Waals surface area contributed by atoms with E-state index >= 15 is 0 Å². The Balaban J connectivity index is 1.75. The fourth-order valence-corrected chi connectivity index (χ4v) is 3.16. The molecule has 0 saturated heterocycles. The molecule has 1 atom stereocenters. The number of thioether (sulfide) groups is 1. The summed E-state index contributed by atoms with van der Waals surface area (Å²) >= 11 is 7.61. The standard InChI is InChI=1S/C19H19ClN4OS/c1-26-13-11-16(19-23-22-17-4-2-3-12-24(17)19)21-18(25)10-7-14-5-8-15(20)9-6-14/h2-10,12,16H,11,13H2,1H3,(H,21,25)/b10-7+. The van der Waals surface area contributed by atoms with E-state index in [9.17, 15) is 4.79 Å². The Kier molecular flexibility index (Phi) is 6.30. The molecule has 2 heterocycles. The van der Waals surface area contributed by atoms with E-state index in [1.54, 1.807) is 30.0 Å². The summed E-state index contributed by atoms with van der Waals surface area (Å²) < 4.78 is 1.91. The van der Waals surface area contributed by atoms with E-state index < -0.39 is 0 Å². The van der Waals surface area contributed by atoms with Crippen LogP contribution in [0.15, 0.2) is 54.7 Å². The average Bonchev–Trinajstić information content (AvgIpc) is 3.09. The molecular formula is C19H19ClN4OS. The topological polar surface area (TPSA) is 59.3 Å². The van der Waals surface area contributed by atoms with Crippen molar-refractivity contribution in [3.63, 3.8) is 0 Å². The molecule has 1 amide bonds. The third-order valence-electron chi connectivity index (χ3n) is 3.88. The van der Waals surface area contributed by atoms with Gasteiger partial charge in [0.05, 0.1) is 6.04 Å². The van der Waals surface area contributed by atoms with Gasteiger partial charge in [-0.2, -0.15) is 11.8 Å². The first-order chi connectivity index (χ1) is 12.7.